The number of carbonyl (C=O) groups is 2. The van der Waals surface area contributed by atoms with Crippen molar-refractivity contribution >= 4 is 29.1 Å². The van der Waals surface area contributed by atoms with E-state index in [4.69, 9.17) is 26.2 Å². The van der Waals surface area contributed by atoms with Crippen molar-refractivity contribution in [3.8, 4) is 11.5 Å². The topological polar surface area (TPSA) is 71.4 Å². The molecule has 0 aliphatic carbocycles. The number of hydrogen-bond donors (Lipinski definition) is 0. The number of methoxy groups -OCH3 is 1. The molecule has 3 aliphatic rings. The molecular weight excluding hydrogens is 418 g/mol. The molecular formula is C23H30ClN3O4. The number of hydrazone groups is 1. The first kappa shape index (κ1) is 21.9. The maximum Gasteiger partial charge on any atom is 0.254 e. The fourth-order valence-electron chi connectivity index (χ4n) is 4.76. The first-order valence-corrected chi connectivity index (χ1v) is 11.3. The molecule has 4 rings (SSSR count). The zero-order valence-corrected chi connectivity index (χ0v) is 19.6. The van der Waals surface area contributed by atoms with Gasteiger partial charge >= 0.3 is 0 Å². The zero-order valence-electron chi connectivity index (χ0n) is 18.8. The summed E-state index contributed by atoms with van der Waals surface area (Å²) in [6.45, 7) is 9.13. The number of likely N-dealkylation sites (tertiary alicyclic amines) is 1. The van der Waals surface area contributed by atoms with Gasteiger partial charge in [0.25, 0.3) is 5.91 Å². The van der Waals surface area contributed by atoms with E-state index in [2.05, 4.69) is 0 Å². The van der Waals surface area contributed by atoms with Crippen molar-refractivity contribution < 1.29 is 19.1 Å². The molecule has 0 atom stereocenters. The number of fused-ring (bicyclic) bond motifs is 1. The minimum absolute atomic E-state index is 0.00707. The molecule has 168 valence electrons. The van der Waals surface area contributed by atoms with Gasteiger partial charge in [0.1, 0.15) is 11.5 Å². The lowest BCUT2D eigenvalue weighted by Gasteiger charge is -2.35. The second-order valence-electron chi connectivity index (χ2n) is 9.63. The largest absolute Gasteiger partial charge is 0.493 e. The highest BCUT2D eigenvalue weighted by Crippen LogP contribution is 2.46. The number of alkyl halides is 1. The third-order valence-electron chi connectivity index (χ3n) is 6.50. The Kier molecular flexibility index (Phi) is 5.44. The van der Waals surface area contributed by atoms with Crippen LogP contribution in [-0.4, -0.2) is 65.2 Å². The Morgan fingerprint density at radius 3 is 2.55 bits per heavy atom. The summed E-state index contributed by atoms with van der Waals surface area (Å²) < 4.78 is 11.7. The normalized spacial score (nSPS) is 22.3. The SMILES string of the molecule is COc1ccc(C2=NN(C3CCN(C(=O)CCl)CC3)C(=O)C2(C)C)c2c1OC(C)(C)C2. The van der Waals surface area contributed by atoms with Gasteiger partial charge in [-0.15, -0.1) is 11.6 Å². The molecule has 3 aliphatic heterocycles. The van der Waals surface area contributed by atoms with Gasteiger partial charge in [0.15, 0.2) is 11.5 Å². The smallest absolute Gasteiger partial charge is 0.254 e. The Morgan fingerprint density at radius 1 is 1.26 bits per heavy atom. The van der Waals surface area contributed by atoms with E-state index in [1.807, 2.05) is 39.8 Å². The highest BCUT2D eigenvalue weighted by atomic mass is 35.5. The number of amides is 2. The molecule has 31 heavy (non-hydrogen) atoms. The van der Waals surface area contributed by atoms with E-state index in [1.54, 1.807) is 17.0 Å². The molecule has 0 unspecified atom stereocenters. The fourth-order valence-corrected chi connectivity index (χ4v) is 4.93. The number of rotatable bonds is 4. The average Bonchev–Trinajstić information content (AvgIpc) is 3.19. The summed E-state index contributed by atoms with van der Waals surface area (Å²) >= 11 is 5.69. The number of hydrogen-bond acceptors (Lipinski definition) is 5. The molecule has 0 aromatic heterocycles. The van der Waals surface area contributed by atoms with Crippen molar-refractivity contribution in [1.82, 2.24) is 9.91 Å². The van der Waals surface area contributed by atoms with Crippen molar-refractivity contribution in [1.29, 1.82) is 0 Å². The number of nitrogens with zero attached hydrogens (tertiary/aromatic N) is 3. The molecule has 0 spiro atoms. The summed E-state index contributed by atoms with van der Waals surface area (Å²) in [5.41, 5.74) is 1.64. The van der Waals surface area contributed by atoms with E-state index in [0.29, 0.717) is 31.7 Å². The van der Waals surface area contributed by atoms with E-state index < -0.39 is 5.41 Å². The predicted octanol–water partition coefficient (Wildman–Crippen LogP) is 3.21. The van der Waals surface area contributed by atoms with Crippen molar-refractivity contribution in [2.75, 3.05) is 26.1 Å². The summed E-state index contributed by atoms with van der Waals surface area (Å²) in [5.74, 6) is 1.35. The lowest BCUT2D eigenvalue weighted by molar-refractivity contribution is -0.139. The molecule has 1 fully saturated rings. The molecule has 8 heteroatoms. The quantitative estimate of drug-likeness (QED) is 0.664. The Balaban J connectivity index is 1.66. The van der Waals surface area contributed by atoms with Crippen LogP contribution in [0.15, 0.2) is 17.2 Å². The molecule has 0 radical (unpaired) electrons. The Hall–Kier alpha value is -2.28. The van der Waals surface area contributed by atoms with E-state index in [-0.39, 0.29) is 29.3 Å². The second-order valence-corrected chi connectivity index (χ2v) is 9.90. The lowest BCUT2D eigenvalue weighted by Crippen LogP contribution is -2.48. The molecule has 0 bridgehead atoms. The van der Waals surface area contributed by atoms with Gasteiger partial charge in [-0.05, 0) is 52.7 Å². The molecule has 1 aromatic rings. The van der Waals surface area contributed by atoms with Crippen LogP contribution in [-0.2, 0) is 16.0 Å². The summed E-state index contributed by atoms with van der Waals surface area (Å²) in [5, 5.41) is 6.51. The van der Waals surface area contributed by atoms with Gasteiger partial charge in [-0.25, -0.2) is 5.01 Å². The highest BCUT2D eigenvalue weighted by molar-refractivity contribution is 6.27. The molecule has 1 saturated heterocycles. The zero-order chi connectivity index (χ0) is 22.6. The van der Waals surface area contributed by atoms with Crippen LogP contribution in [0.25, 0.3) is 0 Å². The van der Waals surface area contributed by atoms with Crippen LogP contribution in [0.4, 0.5) is 0 Å². The summed E-state index contributed by atoms with van der Waals surface area (Å²) in [4.78, 5) is 27.0. The third-order valence-corrected chi connectivity index (χ3v) is 6.73. The molecule has 2 amide bonds. The Morgan fingerprint density at radius 2 is 1.94 bits per heavy atom. The first-order chi connectivity index (χ1) is 14.6. The van der Waals surface area contributed by atoms with Gasteiger partial charge in [0.2, 0.25) is 5.91 Å². The van der Waals surface area contributed by atoms with Crippen LogP contribution < -0.4 is 9.47 Å². The monoisotopic (exact) mass is 447 g/mol. The minimum atomic E-state index is -0.752. The summed E-state index contributed by atoms with van der Waals surface area (Å²) in [6, 6.07) is 3.85. The summed E-state index contributed by atoms with van der Waals surface area (Å²) in [7, 11) is 1.63. The van der Waals surface area contributed by atoms with E-state index >= 15 is 0 Å². The van der Waals surface area contributed by atoms with Crippen LogP contribution in [0.2, 0.25) is 0 Å². The maximum atomic E-state index is 13.4. The fraction of sp³-hybridized carbons (Fsp3) is 0.609. The van der Waals surface area contributed by atoms with Crippen LogP contribution in [0, 0.1) is 5.41 Å². The number of benzene rings is 1. The molecule has 0 saturated carbocycles. The average molecular weight is 448 g/mol. The van der Waals surface area contributed by atoms with Crippen molar-refractivity contribution in [3.63, 3.8) is 0 Å². The van der Waals surface area contributed by atoms with Gasteiger partial charge in [0, 0.05) is 30.6 Å². The lowest BCUT2D eigenvalue weighted by atomic mass is 9.80. The van der Waals surface area contributed by atoms with Crippen LogP contribution in [0.5, 0.6) is 11.5 Å². The minimum Gasteiger partial charge on any atom is -0.493 e. The van der Waals surface area contributed by atoms with Gasteiger partial charge in [-0.2, -0.15) is 5.10 Å². The van der Waals surface area contributed by atoms with E-state index in [9.17, 15) is 9.59 Å². The number of halogens is 1. The number of ether oxygens (including phenoxy) is 2. The van der Waals surface area contributed by atoms with Gasteiger partial charge in [-0.3, -0.25) is 9.59 Å². The van der Waals surface area contributed by atoms with Gasteiger partial charge in [-0.1, -0.05) is 0 Å². The summed E-state index contributed by atoms with van der Waals surface area (Å²) in [6.07, 6.45) is 2.10. The number of carbonyl (C=O) groups excluding carboxylic acids is 2. The van der Waals surface area contributed by atoms with Crippen LogP contribution in [0.3, 0.4) is 0 Å². The molecule has 7 nitrogen and oxygen atoms in total. The first-order valence-electron chi connectivity index (χ1n) is 10.7. The van der Waals surface area contributed by atoms with Crippen LogP contribution in [0.1, 0.15) is 51.7 Å². The van der Waals surface area contributed by atoms with Crippen molar-refractivity contribution in [2.24, 2.45) is 10.5 Å². The van der Waals surface area contributed by atoms with E-state index in [0.717, 1.165) is 29.0 Å². The standard InChI is InChI=1S/C23H30ClN3O4/c1-22(2)12-16-15(6-7-17(30-5)19(16)31-22)20-23(3,4)21(29)27(25-20)14-8-10-26(11-9-14)18(28)13-24/h6-7,14H,8-13H2,1-5H3. The Labute approximate surface area is 188 Å². The van der Waals surface area contributed by atoms with Gasteiger partial charge < -0.3 is 14.4 Å². The Bertz CT molecular complexity index is 948. The van der Waals surface area contributed by atoms with Crippen molar-refractivity contribution in [2.45, 2.75) is 58.6 Å². The molecule has 0 N–H and O–H groups in total. The number of piperidine rings is 1. The van der Waals surface area contributed by atoms with Crippen LogP contribution >= 0.6 is 11.6 Å². The van der Waals surface area contributed by atoms with Crippen molar-refractivity contribution in [3.05, 3.63) is 23.3 Å². The molecule has 1 aromatic carbocycles. The molecule has 3 heterocycles. The van der Waals surface area contributed by atoms with E-state index in [1.165, 1.54) is 0 Å². The maximum absolute atomic E-state index is 13.4. The highest BCUT2D eigenvalue weighted by Gasteiger charge is 2.48. The van der Waals surface area contributed by atoms with Gasteiger partial charge in [0.05, 0.1) is 24.3 Å². The second kappa shape index (κ2) is 7.69. The predicted molar refractivity (Wildman–Crippen MR) is 119 cm³/mol. The third kappa shape index (κ3) is 3.67.